The predicted molar refractivity (Wildman–Crippen MR) is 84.1 cm³/mol. The van der Waals surface area contributed by atoms with Crippen molar-refractivity contribution in [3.8, 4) is 5.75 Å². The zero-order chi connectivity index (χ0) is 15.2. The van der Waals surface area contributed by atoms with Gasteiger partial charge in [0.15, 0.2) is 11.6 Å². The van der Waals surface area contributed by atoms with Crippen molar-refractivity contribution in [2.45, 2.75) is 51.2 Å². The lowest BCUT2D eigenvalue weighted by atomic mass is 9.90. The Hall–Kier alpha value is -1.13. The van der Waals surface area contributed by atoms with Crippen molar-refractivity contribution in [1.29, 1.82) is 0 Å². The Morgan fingerprint density at radius 3 is 2.57 bits per heavy atom. The van der Waals surface area contributed by atoms with Crippen LogP contribution in [0.2, 0.25) is 0 Å². The van der Waals surface area contributed by atoms with Crippen molar-refractivity contribution >= 4 is 0 Å². The molecule has 0 spiro atoms. The fraction of sp³-hybridized carbons (Fsp3) is 0.647. The van der Waals surface area contributed by atoms with E-state index in [1.165, 1.54) is 32.8 Å². The molecule has 0 bridgehead atoms. The summed E-state index contributed by atoms with van der Waals surface area (Å²) in [6.07, 6.45) is 4.90. The largest absolute Gasteiger partial charge is 0.494 e. The highest BCUT2D eigenvalue weighted by Gasteiger charge is 2.23. The Balaban J connectivity index is 1.87. The third-order valence-electron chi connectivity index (χ3n) is 4.46. The molecule has 2 rings (SSSR count). The molecular formula is C17H27FN2O. The van der Waals surface area contributed by atoms with Crippen LogP contribution in [0, 0.1) is 5.82 Å². The summed E-state index contributed by atoms with van der Waals surface area (Å²) < 4.78 is 18.7. The van der Waals surface area contributed by atoms with Gasteiger partial charge in [0.1, 0.15) is 0 Å². The second-order valence-corrected chi connectivity index (χ2v) is 5.95. The molecule has 1 aliphatic rings. The van der Waals surface area contributed by atoms with Crippen LogP contribution in [0.5, 0.6) is 5.75 Å². The molecule has 0 aliphatic heterocycles. The maximum atomic E-state index is 13.7. The number of halogens is 1. The molecule has 1 fully saturated rings. The summed E-state index contributed by atoms with van der Waals surface area (Å²) >= 11 is 0. The third kappa shape index (κ3) is 4.42. The van der Waals surface area contributed by atoms with Gasteiger partial charge in [-0.2, -0.15) is 0 Å². The second kappa shape index (κ2) is 7.76. The van der Waals surface area contributed by atoms with E-state index < -0.39 is 0 Å². The fourth-order valence-corrected chi connectivity index (χ4v) is 3.23. The van der Waals surface area contributed by atoms with Gasteiger partial charge in [0.05, 0.1) is 7.11 Å². The molecule has 3 nitrogen and oxygen atoms in total. The highest BCUT2D eigenvalue weighted by atomic mass is 19.1. The lowest BCUT2D eigenvalue weighted by molar-refractivity contribution is 0.168. The molecule has 118 valence electrons. The zero-order valence-corrected chi connectivity index (χ0v) is 13.4. The molecule has 0 heterocycles. The maximum Gasteiger partial charge on any atom is 0.165 e. The van der Waals surface area contributed by atoms with Crippen LogP contribution in [0.15, 0.2) is 18.2 Å². The Morgan fingerprint density at radius 2 is 2.00 bits per heavy atom. The van der Waals surface area contributed by atoms with E-state index in [1.54, 1.807) is 12.1 Å². The van der Waals surface area contributed by atoms with Crippen LogP contribution < -0.4 is 10.1 Å². The summed E-state index contributed by atoms with van der Waals surface area (Å²) in [5.41, 5.74) is 1.00. The number of ether oxygens (including phenoxy) is 1. The standard InChI is InChI=1S/C17H27FN2O/c1-4-19-14-6-8-15(9-7-14)20(2)12-13-5-10-17(21-3)16(18)11-13/h5,10-11,14-15,19H,4,6-9,12H2,1-3H3. The summed E-state index contributed by atoms with van der Waals surface area (Å²) in [6.45, 7) is 4.00. The van der Waals surface area contributed by atoms with Gasteiger partial charge in [0.2, 0.25) is 0 Å². The van der Waals surface area contributed by atoms with Crippen molar-refractivity contribution in [1.82, 2.24) is 10.2 Å². The number of nitrogens with zero attached hydrogens (tertiary/aromatic N) is 1. The van der Waals surface area contributed by atoms with Crippen LogP contribution >= 0.6 is 0 Å². The van der Waals surface area contributed by atoms with Crippen molar-refractivity contribution < 1.29 is 9.13 Å². The molecule has 0 saturated heterocycles. The monoisotopic (exact) mass is 294 g/mol. The predicted octanol–water partition coefficient (Wildman–Crippen LogP) is 3.19. The minimum Gasteiger partial charge on any atom is -0.494 e. The van der Waals surface area contributed by atoms with E-state index in [1.807, 2.05) is 6.07 Å². The molecule has 4 heteroatoms. The summed E-state index contributed by atoms with van der Waals surface area (Å²) in [4.78, 5) is 2.35. The first kappa shape index (κ1) is 16.2. The number of nitrogens with one attached hydrogen (secondary N) is 1. The Kier molecular flexibility index (Phi) is 6.00. The highest BCUT2D eigenvalue weighted by Crippen LogP contribution is 2.24. The van der Waals surface area contributed by atoms with E-state index in [-0.39, 0.29) is 5.82 Å². The molecule has 1 aromatic rings. The van der Waals surface area contributed by atoms with Gasteiger partial charge >= 0.3 is 0 Å². The van der Waals surface area contributed by atoms with Crippen molar-refractivity contribution in [3.05, 3.63) is 29.6 Å². The molecule has 1 N–H and O–H groups in total. The zero-order valence-electron chi connectivity index (χ0n) is 13.4. The van der Waals surface area contributed by atoms with E-state index in [4.69, 9.17) is 4.74 Å². The number of methoxy groups -OCH3 is 1. The number of rotatable bonds is 6. The molecule has 0 unspecified atom stereocenters. The Bertz CT molecular complexity index is 444. The normalized spacial score (nSPS) is 22.5. The average molecular weight is 294 g/mol. The van der Waals surface area contributed by atoms with Gasteiger partial charge in [-0.3, -0.25) is 4.90 Å². The minimum absolute atomic E-state index is 0.278. The molecule has 1 aliphatic carbocycles. The highest BCUT2D eigenvalue weighted by molar-refractivity contribution is 5.29. The second-order valence-electron chi connectivity index (χ2n) is 5.95. The van der Waals surface area contributed by atoms with Crippen LogP contribution in [0.1, 0.15) is 38.2 Å². The quantitative estimate of drug-likeness (QED) is 0.872. The minimum atomic E-state index is -0.278. The maximum absolute atomic E-state index is 13.7. The van der Waals surface area contributed by atoms with Crippen LogP contribution in [-0.4, -0.2) is 37.7 Å². The van der Waals surface area contributed by atoms with Gasteiger partial charge in [-0.1, -0.05) is 13.0 Å². The molecule has 0 atom stereocenters. The van der Waals surface area contributed by atoms with E-state index in [9.17, 15) is 4.39 Å². The summed E-state index contributed by atoms with van der Waals surface area (Å²) in [6, 6.07) is 6.52. The number of hydrogen-bond donors (Lipinski definition) is 1. The van der Waals surface area contributed by atoms with E-state index >= 15 is 0 Å². The molecular weight excluding hydrogens is 267 g/mol. The van der Waals surface area contributed by atoms with Crippen molar-refractivity contribution in [3.63, 3.8) is 0 Å². The number of hydrogen-bond acceptors (Lipinski definition) is 3. The fourth-order valence-electron chi connectivity index (χ4n) is 3.23. The van der Waals surface area contributed by atoms with Crippen LogP contribution in [0.3, 0.4) is 0 Å². The summed E-state index contributed by atoms with van der Waals surface area (Å²) in [5, 5.41) is 3.53. The molecule has 1 saturated carbocycles. The smallest absolute Gasteiger partial charge is 0.165 e. The SMILES string of the molecule is CCNC1CCC(N(C)Cc2ccc(OC)c(F)c2)CC1. The molecule has 0 aromatic heterocycles. The van der Waals surface area contributed by atoms with Crippen molar-refractivity contribution in [2.75, 3.05) is 20.7 Å². The lowest BCUT2D eigenvalue weighted by Crippen LogP contribution is -2.40. The van der Waals surface area contributed by atoms with E-state index in [0.717, 1.165) is 18.7 Å². The van der Waals surface area contributed by atoms with Crippen LogP contribution in [-0.2, 0) is 6.54 Å². The molecule has 0 radical (unpaired) electrons. The van der Waals surface area contributed by atoms with Gasteiger partial charge in [-0.15, -0.1) is 0 Å². The van der Waals surface area contributed by atoms with Gasteiger partial charge < -0.3 is 10.1 Å². The van der Waals surface area contributed by atoms with Gasteiger partial charge in [-0.05, 0) is 57.0 Å². The van der Waals surface area contributed by atoms with E-state index in [0.29, 0.717) is 17.8 Å². The molecule has 21 heavy (non-hydrogen) atoms. The Morgan fingerprint density at radius 1 is 1.29 bits per heavy atom. The van der Waals surface area contributed by atoms with Gasteiger partial charge in [-0.25, -0.2) is 4.39 Å². The molecule has 1 aromatic carbocycles. The van der Waals surface area contributed by atoms with Gasteiger partial charge in [0.25, 0.3) is 0 Å². The first-order valence-corrected chi connectivity index (χ1v) is 7.90. The topological polar surface area (TPSA) is 24.5 Å². The number of benzene rings is 1. The summed E-state index contributed by atoms with van der Waals surface area (Å²) in [7, 11) is 3.63. The average Bonchev–Trinajstić information content (AvgIpc) is 2.48. The van der Waals surface area contributed by atoms with Gasteiger partial charge in [0, 0.05) is 18.6 Å². The van der Waals surface area contributed by atoms with Crippen molar-refractivity contribution in [2.24, 2.45) is 0 Å². The van der Waals surface area contributed by atoms with E-state index in [2.05, 4.69) is 24.2 Å². The lowest BCUT2D eigenvalue weighted by Gasteiger charge is -2.35. The molecule has 0 amide bonds. The van der Waals surface area contributed by atoms with Crippen LogP contribution in [0.25, 0.3) is 0 Å². The third-order valence-corrected chi connectivity index (χ3v) is 4.46. The summed E-state index contributed by atoms with van der Waals surface area (Å²) in [5.74, 6) is 0.0341. The first-order valence-electron chi connectivity index (χ1n) is 7.90. The Labute approximate surface area is 127 Å². The first-order chi connectivity index (χ1) is 10.1. The van der Waals surface area contributed by atoms with Crippen LogP contribution in [0.4, 0.5) is 4.39 Å².